The molecule has 5 nitrogen and oxygen atoms in total. The first kappa shape index (κ1) is 20.9. The topological polar surface area (TPSA) is 55.8 Å². The van der Waals surface area contributed by atoms with Crippen molar-refractivity contribution in [1.82, 2.24) is 4.90 Å². The molecule has 0 saturated carbocycles. The fourth-order valence-corrected chi connectivity index (χ4v) is 3.18. The number of ether oxygens (including phenoxy) is 2. The number of rotatable bonds is 4. The van der Waals surface area contributed by atoms with Crippen LogP contribution in [0.15, 0.2) is 36.4 Å². The van der Waals surface area contributed by atoms with Crippen molar-refractivity contribution in [2.45, 2.75) is 51.6 Å². The average molecular weight is 377 g/mol. The van der Waals surface area contributed by atoms with Crippen molar-refractivity contribution < 1.29 is 23.5 Å². The first-order valence-corrected chi connectivity index (χ1v) is 9.25. The van der Waals surface area contributed by atoms with Crippen molar-refractivity contribution in [3.8, 4) is 0 Å². The molecule has 1 aromatic carbocycles. The summed E-state index contributed by atoms with van der Waals surface area (Å²) in [6.07, 6.45) is 3.95. The van der Waals surface area contributed by atoms with Crippen molar-refractivity contribution in [3.05, 3.63) is 47.8 Å². The van der Waals surface area contributed by atoms with Crippen LogP contribution in [0.2, 0.25) is 0 Å². The van der Waals surface area contributed by atoms with Gasteiger partial charge in [0.25, 0.3) is 0 Å². The normalized spacial score (nSPS) is 17.0. The highest BCUT2D eigenvalue weighted by molar-refractivity contribution is 5.82. The molecule has 0 N–H and O–H groups in total. The van der Waals surface area contributed by atoms with E-state index in [1.54, 1.807) is 24.0 Å². The van der Waals surface area contributed by atoms with Crippen LogP contribution in [0.25, 0.3) is 0 Å². The number of nitrogens with zero attached hydrogens (tertiary/aromatic N) is 1. The lowest BCUT2D eigenvalue weighted by Gasteiger charge is -2.40. The Morgan fingerprint density at radius 1 is 1.26 bits per heavy atom. The van der Waals surface area contributed by atoms with E-state index in [2.05, 4.69) is 0 Å². The van der Waals surface area contributed by atoms with Gasteiger partial charge in [-0.2, -0.15) is 0 Å². The lowest BCUT2D eigenvalue weighted by molar-refractivity contribution is -0.137. The summed E-state index contributed by atoms with van der Waals surface area (Å²) in [5, 5.41) is 0. The largest absolute Gasteiger partial charge is 0.463 e. The molecule has 1 saturated heterocycles. The lowest BCUT2D eigenvalue weighted by Crippen LogP contribution is -2.46. The van der Waals surface area contributed by atoms with Gasteiger partial charge < -0.3 is 14.4 Å². The fraction of sp³-hybridized carbons (Fsp3) is 0.524. The molecule has 1 amide bonds. The number of hydrogen-bond acceptors (Lipinski definition) is 4. The first-order chi connectivity index (χ1) is 12.6. The van der Waals surface area contributed by atoms with Crippen molar-refractivity contribution in [2.24, 2.45) is 0 Å². The maximum atomic E-state index is 13.8. The molecule has 27 heavy (non-hydrogen) atoms. The van der Waals surface area contributed by atoms with Crippen molar-refractivity contribution in [2.75, 3.05) is 19.7 Å². The highest BCUT2D eigenvalue weighted by Crippen LogP contribution is 2.37. The Bertz CT molecular complexity index is 700. The molecule has 0 aliphatic carbocycles. The van der Waals surface area contributed by atoms with E-state index in [9.17, 15) is 14.0 Å². The molecule has 0 atom stereocenters. The van der Waals surface area contributed by atoms with Crippen LogP contribution in [0.4, 0.5) is 9.18 Å². The molecular formula is C21H28FNO4. The number of likely N-dealkylation sites (tertiary alicyclic amines) is 1. The molecule has 148 valence electrons. The van der Waals surface area contributed by atoms with Crippen LogP contribution in [0.3, 0.4) is 0 Å². The van der Waals surface area contributed by atoms with Crippen LogP contribution < -0.4 is 0 Å². The van der Waals surface area contributed by atoms with Gasteiger partial charge in [0.1, 0.15) is 11.4 Å². The summed E-state index contributed by atoms with van der Waals surface area (Å²) >= 11 is 0. The summed E-state index contributed by atoms with van der Waals surface area (Å²) < 4.78 is 24.2. The van der Waals surface area contributed by atoms with Crippen LogP contribution in [-0.4, -0.2) is 42.3 Å². The number of carbonyl (C=O) groups excluding carboxylic acids is 2. The van der Waals surface area contributed by atoms with E-state index in [4.69, 9.17) is 9.47 Å². The third kappa shape index (κ3) is 5.81. The molecular weight excluding hydrogens is 349 g/mol. The van der Waals surface area contributed by atoms with Crippen LogP contribution in [-0.2, 0) is 19.7 Å². The number of esters is 1. The zero-order chi connectivity index (χ0) is 20.1. The lowest BCUT2D eigenvalue weighted by atomic mass is 9.72. The molecule has 1 aliphatic heterocycles. The highest BCUT2D eigenvalue weighted by atomic mass is 19.1. The monoisotopic (exact) mass is 377 g/mol. The number of benzene rings is 1. The Kier molecular flexibility index (Phi) is 6.63. The second-order valence-corrected chi connectivity index (χ2v) is 7.72. The molecule has 2 rings (SSSR count). The Hall–Kier alpha value is -2.37. The zero-order valence-electron chi connectivity index (χ0n) is 16.5. The van der Waals surface area contributed by atoms with Gasteiger partial charge in [-0.1, -0.05) is 18.2 Å². The average Bonchev–Trinajstić information content (AvgIpc) is 2.59. The van der Waals surface area contributed by atoms with Gasteiger partial charge in [-0.3, -0.25) is 0 Å². The van der Waals surface area contributed by atoms with Gasteiger partial charge in [0, 0.05) is 24.6 Å². The van der Waals surface area contributed by atoms with Crippen LogP contribution in [0, 0.1) is 5.82 Å². The third-order valence-corrected chi connectivity index (χ3v) is 4.53. The van der Waals surface area contributed by atoms with Crippen molar-refractivity contribution in [1.29, 1.82) is 0 Å². The van der Waals surface area contributed by atoms with E-state index >= 15 is 0 Å². The standard InChI is InChI=1S/C21H28FNO4/c1-5-26-18(24)9-10-21(16-7-6-8-17(22)15-16)11-13-23(14-12-21)19(25)27-20(2,3)4/h6-10,15H,5,11-14H2,1-4H3. The van der Waals surface area contributed by atoms with E-state index in [-0.39, 0.29) is 11.9 Å². The van der Waals surface area contributed by atoms with Crippen molar-refractivity contribution in [3.63, 3.8) is 0 Å². The molecule has 0 spiro atoms. The summed E-state index contributed by atoms with van der Waals surface area (Å²) in [6, 6.07) is 6.38. The number of piperidine rings is 1. The molecule has 0 radical (unpaired) electrons. The first-order valence-electron chi connectivity index (χ1n) is 9.25. The van der Waals surface area contributed by atoms with Gasteiger partial charge in [-0.25, -0.2) is 14.0 Å². The Labute approximate surface area is 160 Å². The minimum atomic E-state index is -0.558. The Morgan fingerprint density at radius 2 is 1.93 bits per heavy atom. The molecule has 6 heteroatoms. The zero-order valence-corrected chi connectivity index (χ0v) is 16.5. The second kappa shape index (κ2) is 8.55. The van der Waals surface area contributed by atoms with E-state index in [0.717, 1.165) is 5.56 Å². The summed E-state index contributed by atoms with van der Waals surface area (Å²) in [4.78, 5) is 25.8. The van der Waals surface area contributed by atoms with E-state index < -0.39 is 17.0 Å². The summed E-state index contributed by atoms with van der Waals surface area (Å²) in [5.74, 6) is -0.756. The van der Waals surface area contributed by atoms with Gasteiger partial charge in [0.2, 0.25) is 0 Å². The smallest absolute Gasteiger partial charge is 0.410 e. The highest BCUT2D eigenvalue weighted by Gasteiger charge is 2.37. The van der Waals surface area contributed by atoms with E-state index in [0.29, 0.717) is 32.5 Å². The summed E-state index contributed by atoms with van der Waals surface area (Å²) in [5.41, 5.74) is -0.308. The fourth-order valence-electron chi connectivity index (χ4n) is 3.18. The van der Waals surface area contributed by atoms with Gasteiger partial charge in [0.15, 0.2) is 0 Å². The number of halogens is 1. The van der Waals surface area contributed by atoms with Crippen LogP contribution in [0.5, 0.6) is 0 Å². The Balaban J connectivity index is 2.21. The molecule has 1 heterocycles. The molecule has 1 fully saturated rings. The minimum Gasteiger partial charge on any atom is -0.463 e. The number of carbonyl (C=O) groups is 2. The Morgan fingerprint density at radius 3 is 2.48 bits per heavy atom. The molecule has 1 aromatic rings. The van der Waals surface area contributed by atoms with Crippen LogP contribution >= 0.6 is 0 Å². The predicted molar refractivity (Wildman–Crippen MR) is 101 cm³/mol. The van der Waals surface area contributed by atoms with E-state index in [1.165, 1.54) is 18.2 Å². The molecule has 0 aromatic heterocycles. The summed E-state index contributed by atoms with van der Waals surface area (Å²) in [7, 11) is 0. The minimum absolute atomic E-state index is 0.294. The quantitative estimate of drug-likeness (QED) is 0.582. The van der Waals surface area contributed by atoms with Gasteiger partial charge in [0.05, 0.1) is 6.61 Å². The molecule has 0 bridgehead atoms. The van der Waals surface area contributed by atoms with Gasteiger partial charge in [-0.05, 0) is 58.2 Å². The predicted octanol–water partition coefficient (Wildman–Crippen LogP) is 4.21. The van der Waals surface area contributed by atoms with E-state index in [1.807, 2.05) is 26.8 Å². The van der Waals surface area contributed by atoms with Gasteiger partial charge >= 0.3 is 12.1 Å². The number of hydrogen-bond donors (Lipinski definition) is 0. The maximum absolute atomic E-state index is 13.8. The third-order valence-electron chi connectivity index (χ3n) is 4.53. The molecule has 1 aliphatic rings. The second-order valence-electron chi connectivity index (χ2n) is 7.72. The SMILES string of the molecule is CCOC(=O)C=CC1(c2cccc(F)c2)CCN(C(=O)OC(C)(C)C)CC1. The maximum Gasteiger partial charge on any atom is 0.410 e. The summed E-state index contributed by atoms with van der Waals surface area (Å²) in [6.45, 7) is 8.43. The van der Waals surface area contributed by atoms with Gasteiger partial charge in [-0.15, -0.1) is 0 Å². The van der Waals surface area contributed by atoms with Crippen LogP contribution in [0.1, 0.15) is 46.1 Å². The number of amides is 1. The molecule has 0 unspecified atom stereocenters. The van der Waals surface area contributed by atoms with Crippen molar-refractivity contribution >= 4 is 12.1 Å². The number of allylic oxidation sites excluding steroid dienone is 1.